The Labute approximate surface area is 78.1 Å². The molecule has 2 rings (SSSR count). The number of carbonyl (C=O) groups is 2. The Kier molecular flexibility index (Phi) is 2.10. The van der Waals surface area contributed by atoms with E-state index >= 15 is 0 Å². The average Bonchev–Trinajstić information content (AvgIpc) is 2.75. The molecule has 1 aliphatic heterocycles. The number of imide groups is 1. The third-order valence-corrected chi connectivity index (χ3v) is 3.08. The van der Waals surface area contributed by atoms with Crippen molar-refractivity contribution in [2.75, 3.05) is 6.54 Å². The van der Waals surface area contributed by atoms with Gasteiger partial charge in [0.05, 0.1) is 0 Å². The average molecular weight is 181 g/mol. The Morgan fingerprint density at radius 1 is 1.31 bits per heavy atom. The molecule has 0 spiro atoms. The van der Waals surface area contributed by atoms with Gasteiger partial charge in [0.2, 0.25) is 11.8 Å². The maximum atomic E-state index is 11.4. The highest BCUT2D eigenvalue weighted by Gasteiger charge is 2.37. The van der Waals surface area contributed by atoms with E-state index in [-0.39, 0.29) is 11.8 Å². The number of nitrogens with zero attached hydrogens (tertiary/aromatic N) is 1. The summed E-state index contributed by atoms with van der Waals surface area (Å²) in [6, 6.07) is 0. The molecule has 1 saturated carbocycles. The van der Waals surface area contributed by atoms with Crippen LogP contribution in [0.15, 0.2) is 0 Å². The van der Waals surface area contributed by atoms with Crippen molar-refractivity contribution in [3.8, 4) is 0 Å². The number of carbonyl (C=O) groups excluding carboxylic acids is 2. The van der Waals surface area contributed by atoms with Crippen molar-refractivity contribution in [1.29, 1.82) is 0 Å². The van der Waals surface area contributed by atoms with E-state index in [1.54, 1.807) is 0 Å². The van der Waals surface area contributed by atoms with E-state index in [1.165, 1.54) is 11.3 Å². The lowest BCUT2D eigenvalue weighted by Crippen LogP contribution is -2.41. The van der Waals surface area contributed by atoms with Crippen LogP contribution < -0.4 is 0 Å². The molecule has 2 unspecified atom stereocenters. The van der Waals surface area contributed by atoms with Gasteiger partial charge in [-0.1, -0.05) is 6.92 Å². The molecule has 72 valence electrons. The predicted octanol–water partition coefficient (Wildman–Crippen LogP) is 1.18. The second-order valence-corrected chi connectivity index (χ2v) is 4.22. The third-order valence-electron chi connectivity index (χ3n) is 3.08. The molecule has 0 bridgehead atoms. The van der Waals surface area contributed by atoms with E-state index in [0.29, 0.717) is 31.2 Å². The molecule has 2 fully saturated rings. The van der Waals surface area contributed by atoms with Gasteiger partial charge in [-0.05, 0) is 24.7 Å². The largest absolute Gasteiger partial charge is 0.282 e. The van der Waals surface area contributed by atoms with Crippen molar-refractivity contribution in [1.82, 2.24) is 4.90 Å². The Hall–Kier alpha value is -0.860. The lowest BCUT2D eigenvalue weighted by molar-refractivity contribution is -0.148. The van der Waals surface area contributed by atoms with Gasteiger partial charge in [0, 0.05) is 19.4 Å². The highest BCUT2D eigenvalue weighted by molar-refractivity contribution is 5.97. The van der Waals surface area contributed by atoms with Crippen molar-refractivity contribution >= 4 is 11.8 Å². The lowest BCUT2D eigenvalue weighted by atomic mass is 10.1. The SMILES string of the molecule is CC1CC1CN1C(=O)CCCC1=O. The molecule has 13 heavy (non-hydrogen) atoms. The topological polar surface area (TPSA) is 37.4 Å². The zero-order valence-corrected chi connectivity index (χ0v) is 7.95. The van der Waals surface area contributed by atoms with Gasteiger partial charge in [0.25, 0.3) is 0 Å². The van der Waals surface area contributed by atoms with Crippen LogP contribution in [-0.4, -0.2) is 23.3 Å². The third kappa shape index (κ3) is 1.74. The number of likely N-dealkylation sites (tertiary alicyclic amines) is 1. The summed E-state index contributed by atoms with van der Waals surface area (Å²) in [5, 5.41) is 0. The molecule has 3 nitrogen and oxygen atoms in total. The van der Waals surface area contributed by atoms with Crippen molar-refractivity contribution in [2.45, 2.75) is 32.6 Å². The van der Waals surface area contributed by atoms with E-state index < -0.39 is 0 Å². The van der Waals surface area contributed by atoms with Gasteiger partial charge in [0.15, 0.2) is 0 Å². The van der Waals surface area contributed by atoms with E-state index in [4.69, 9.17) is 0 Å². The normalized spacial score (nSPS) is 33.8. The molecule has 0 N–H and O–H groups in total. The van der Waals surface area contributed by atoms with Crippen molar-refractivity contribution in [3.63, 3.8) is 0 Å². The molecule has 1 heterocycles. The Morgan fingerprint density at radius 3 is 2.31 bits per heavy atom. The first-order valence-electron chi connectivity index (χ1n) is 5.01. The summed E-state index contributed by atoms with van der Waals surface area (Å²) in [5.74, 6) is 1.37. The van der Waals surface area contributed by atoms with Gasteiger partial charge in [-0.25, -0.2) is 0 Å². The predicted molar refractivity (Wildman–Crippen MR) is 47.8 cm³/mol. The minimum Gasteiger partial charge on any atom is -0.282 e. The first-order chi connectivity index (χ1) is 6.18. The summed E-state index contributed by atoms with van der Waals surface area (Å²) in [4.78, 5) is 24.2. The van der Waals surface area contributed by atoms with Gasteiger partial charge >= 0.3 is 0 Å². The number of hydrogen-bond acceptors (Lipinski definition) is 2. The molecule has 0 aromatic rings. The molecular formula is C10H15NO2. The van der Waals surface area contributed by atoms with Gasteiger partial charge in [-0.15, -0.1) is 0 Å². The van der Waals surface area contributed by atoms with E-state index in [1.807, 2.05) is 0 Å². The van der Waals surface area contributed by atoms with Crippen molar-refractivity contribution in [2.24, 2.45) is 11.8 Å². The van der Waals surface area contributed by atoms with Crippen LogP contribution in [0.1, 0.15) is 32.6 Å². The zero-order valence-electron chi connectivity index (χ0n) is 7.95. The Bertz CT molecular complexity index is 233. The van der Waals surface area contributed by atoms with Crippen molar-refractivity contribution < 1.29 is 9.59 Å². The maximum absolute atomic E-state index is 11.4. The lowest BCUT2D eigenvalue weighted by Gasteiger charge is -2.24. The van der Waals surface area contributed by atoms with E-state index in [0.717, 1.165) is 6.42 Å². The van der Waals surface area contributed by atoms with E-state index in [9.17, 15) is 9.59 Å². The zero-order chi connectivity index (χ0) is 9.42. The second kappa shape index (κ2) is 3.13. The molecule has 0 radical (unpaired) electrons. The first-order valence-corrected chi connectivity index (χ1v) is 5.01. The quantitative estimate of drug-likeness (QED) is 0.600. The smallest absolute Gasteiger partial charge is 0.229 e. The fourth-order valence-corrected chi connectivity index (χ4v) is 1.89. The van der Waals surface area contributed by atoms with Crippen molar-refractivity contribution in [3.05, 3.63) is 0 Å². The minimum atomic E-state index is 0.0374. The molecule has 2 aliphatic rings. The van der Waals surface area contributed by atoms with Crippen LogP contribution in [0.4, 0.5) is 0 Å². The van der Waals surface area contributed by atoms with Gasteiger partial charge in [-0.2, -0.15) is 0 Å². The molecule has 2 amide bonds. The number of rotatable bonds is 2. The van der Waals surface area contributed by atoms with Crippen LogP contribution >= 0.6 is 0 Å². The summed E-state index contributed by atoms with van der Waals surface area (Å²) < 4.78 is 0. The Balaban J connectivity index is 1.94. The number of amides is 2. The number of piperidine rings is 1. The first kappa shape index (κ1) is 8.73. The highest BCUT2D eigenvalue weighted by atomic mass is 16.2. The molecule has 2 atom stereocenters. The van der Waals surface area contributed by atoms with Gasteiger partial charge in [-0.3, -0.25) is 14.5 Å². The van der Waals surface area contributed by atoms with Crippen LogP contribution in [0.25, 0.3) is 0 Å². The summed E-state index contributed by atoms with van der Waals surface area (Å²) >= 11 is 0. The fourth-order valence-electron chi connectivity index (χ4n) is 1.89. The molecule has 3 heteroatoms. The molecule has 0 aromatic heterocycles. The summed E-state index contributed by atoms with van der Waals surface area (Å²) in [5.41, 5.74) is 0. The van der Waals surface area contributed by atoms with Crippen LogP contribution in [-0.2, 0) is 9.59 Å². The van der Waals surface area contributed by atoms with Crippen LogP contribution in [0.5, 0.6) is 0 Å². The summed E-state index contributed by atoms with van der Waals surface area (Å²) in [7, 11) is 0. The fraction of sp³-hybridized carbons (Fsp3) is 0.800. The van der Waals surface area contributed by atoms with Gasteiger partial charge in [0.1, 0.15) is 0 Å². The minimum absolute atomic E-state index is 0.0374. The van der Waals surface area contributed by atoms with E-state index in [2.05, 4.69) is 6.92 Å². The highest BCUT2D eigenvalue weighted by Crippen LogP contribution is 2.38. The van der Waals surface area contributed by atoms with Gasteiger partial charge < -0.3 is 0 Å². The van der Waals surface area contributed by atoms with Crippen LogP contribution in [0.2, 0.25) is 0 Å². The maximum Gasteiger partial charge on any atom is 0.229 e. The monoisotopic (exact) mass is 181 g/mol. The number of hydrogen-bond donors (Lipinski definition) is 0. The molecule has 1 aliphatic carbocycles. The van der Waals surface area contributed by atoms with Crippen LogP contribution in [0, 0.1) is 11.8 Å². The second-order valence-electron chi connectivity index (χ2n) is 4.22. The Morgan fingerprint density at radius 2 is 1.85 bits per heavy atom. The standard InChI is InChI=1S/C10H15NO2/c1-7-5-8(7)6-11-9(12)3-2-4-10(11)13/h7-8H,2-6H2,1H3. The summed E-state index contributed by atoms with van der Waals surface area (Å²) in [6.45, 7) is 2.85. The van der Waals surface area contributed by atoms with Crippen LogP contribution in [0.3, 0.4) is 0 Å². The molecule has 0 aromatic carbocycles. The summed E-state index contributed by atoms with van der Waals surface area (Å²) in [6.07, 6.45) is 3.05. The molecular weight excluding hydrogens is 166 g/mol. The molecule has 1 saturated heterocycles.